The van der Waals surface area contributed by atoms with Crippen LogP contribution in [-0.2, 0) is 17.9 Å². The van der Waals surface area contributed by atoms with E-state index in [0.717, 1.165) is 24.1 Å². The number of rotatable bonds is 5. The maximum atomic E-state index is 12.9. The SMILES string of the molecule is CC(C)(C)Cn1cnc2c(C(=O)NCC(=O)O)c3ncn(CC(C)(C)C)c3cc21. The second kappa shape index (κ2) is 7.17. The second-order valence-electron chi connectivity index (χ2n) is 9.93. The fourth-order valence-electron chi connectivity index (χ4n) is 3.45. The van der Waals surface area contributed by atoms with Gasteiger partial charge in [0.1, 0.15) is 17.6 Å². The second-order valence-corrected chi connectivity index (χ2v) is 9.93. The maximum Gasteiger partial charge on any atom is 0.322 e. The van der Waals surface area contributed by atoms with Crippen molar-refractivity contribution in [3.05, 3.63) is 24.3 Å². The maximum absolute atomic E-state index is 12.9. The van der Waals surface area contributed by atoms with Crippen LogP contribution in [0.4, 0.5) is 0 Å². The molecule has 1 aromatic carbocycles. The summed E-state index contributed by atoms with van der Waals surface area (Å²) in [6.45, 7) is 13.9. The highest BCUT2D eigenvalue weighted by Crippen LogP contribution is 2.30. The number of aliphatic carboxylic acids is 1. The van der Waals surface area contributed by atoms with Crippen LogP contribution in [-0.4, -0.2) is 42.6 Å². The molecular weight excluding hydrogens is 370 g/mol. The van der Waals surface area contributed by atoms with Crippen LogP contribution in [0.2, 0.25) is 0 Å². The summed E-state index contributed by atoms with van der Waals surface area (Å²) >= 11 is 0. The monoisotopic (exact) mass is 399 g/mol. The molecule has 2 N–H and O–H groups in total. The van der Waals surface area contributed by atoms with Gasteiger partial charge in [0.25, 0.3) is 5.91 Å². The Balaban J connectivity index is 2.23. The van der Waals surface area contributed by atoms with Crippen LogP contribution >= 0.6 is 0 Å². The Morgan fingerprint density at radius 2 is 1.38 bits per heavy atom. The van der Waals surface area contributed by atoms with Crippen molar-refractivity contribution >= 4 is 33.9 Å². The summed E-state index contributed by atoms with van der Waals surface area (Å²) in [6, 6.07) is 2.02. The Morgan fingerprint density at radius 1 is 0.931 bits per heavy atom. The van der Waals surface area contributed by atoms with E-state index in [2.05, 4.69) is 56.8 Å². The first-order valence-electron chi connectivity index (χ1n) is 9.68. The summed E-state index contributed by atoms with van der Waals surface area (Å²) in [5.41, 5.74) is 3.11. The van der Waals surface area contributed by atoms with Gasteiger partial charge in [-0.2, -0.15) is 0 Å². The number of nitrogens with zero attached hydrogens (tertiary/aromatic N) is 4. The largest absolute Gasteiger partial charge is 0.480 e. The first kappa shape index (κ1) is 20.8. The molecule has 0 aliphatic heterocycles. The van der Waals surface area contributed by atoms with Crippen LogP contribution in [0.5, 0.6) is 0 Å². The van der Waals surface area contributed by atoms with Gasteiger partial charge < -0.3 is 19.6 Å². The minimum atomic E-state index is -1.10. The molecule has 0 unspecified atom stereocenters. The Bertz CT molecular complexity index is 1010. The van der Waals surface area contributed by atoms with E-state index in [1.165, 1.54) is 0 Å². The lowest BCUT2D eigenvalue weighted by molar-refractivity contribution is -0.135. The van der Waals surface area contributed by atoms with Crippen molar-refractivity contribution in [2.75, 3.05) is 6.54 Å². The number of hydrogen-bond donors (Lipinski definition) is 2. The van der Waals surface area contributed by atoms with Gasteiger partial charge in [-0.1, -0.05) is 41.5 Å². The molecule has 0 saturated heterocycles. The highest BCUT2D eigenvalue weighted by atomic mass is 16.4. The quantitative estimate of drug-likeness (QED) is 0.685. The summed E-state index contributed by atoms with van der Waals surface area (Å²) < 4.78 is 4.08. The Morgan fingerprint density at radius 3 is 1.76 bits per heavy atom. The number of amides is 1. The van der Waals surface area contributed by atoms with Crippen LogP contribution < -0.4 is 5.32 Å². The number of carboxylic acid groups (broad SMARTS) is 1. The molecule has 0 aliphatic rings. The fourth-order valence-corrected chi connectivity index (χ4v) is 3.45. The number of carboxylic acids is 1. The number of fused-ring (bicyclic) bond motifs is 2. The standard InChI is InChI=1S/C21H29N5O3/c1-20(2,3)9-25-11-23-17-13(25)7-14-18(16(17)19(29)22-8-15(27)28)24-12-26(14)10-21(4,5)6/h7,11-12H,8-10H2,1-6H3,(H,22,29)(H,27,28). The molecule has 0 aliphatic carbocycles. The predicted octanol–water partition coefficient (Wildman–Crippen LogP) is 3.29. The zero-order valence-electron chi connectivity index (χ0n) is 17.9. The summed E-state index contributed by atoms with van der Waals surface area (Å²) in [4.78, 5) is 32.8. The van der Waals surface area contributed by atoms with E-state index in [9.17, 15) is 9.59 Å². The number of hydrogen-bond acceptors (Lipinski definition) is 4. The van der Waals surface area contributed by atoms with Crippen LogP contribution in [0.25, 0.3) is 22.1 Å². The molecule has 1 amide bonds. The highest BCUT2D eigenvalue weighted by molar-refractivity contribution is 6.15. The molecule has 3 aromatic rings. The lowest BCUT2D eigenvalue weighted by Gasteiger charge is -2.20. The molecule has 29 heavy (non-hydrogen) atoms. The molecule has 0 fully saturated rings. The minimum absolute atomic E-state index is 0.0277. The van der Waals surface area contributed by atoms with Gasteiger partial charge in [0.15, 0.2) is 0 Å². The van der Waals surface area contributed by atoms with E-state index in [1.807, 2.05) is 15.2 Å². The third-order valence-corrected chi connectivity index (χ3v) is 4.42. The first-order valence-corrected chi connectivity index (χ1v) is 9.68. The summed E-state index contributed by atoms with van der Waals surface area (Å²) in [7, 11) is 0. The van der Waals surface area contributed by atoms with E-state index < -0.39 is 18.4 Å². The number of carbonyl (C=O) groups is 2. The fraction of sp³-hybridized carbons (Fsp3) is 0.524. The minimum Gasteiger partial charge on any atom is -0.480 e. The average molecular weight is 399 g/mol. The molecular formula is C21H29N5O3. The van der Waals surface area contributed by atoms with Crippen molar-refractivity contribution in [3.8, 4) is 0 Å². The predicted molar refractivity (Wildman–Crippen MR) is 112 cm³/mol. The van der Waals surface area contributed by atoms with Gasteiger partial charge in [-0.3, -0.25) is 9.59 Å². The van der Waals surface area contributed by atoms with Gasteiger partial charge in [0.05, 0.1) is 29.3 Å². The van der Waals surface area contributed by atoms with Gasteiger partial charge in [0.2, 0.25) is 0 Å². The Labute approximate surface area is 169 Å². The van der Waals surface area contributed by atoms with Crippen molar-refractivity contribution in [1.29, 1.82) is 0 Å². The molecule has 2 heterocycles. The van der Waals surface area contributed by atoms with E-state index >= 15 is 0 Å². The van der Waals surface area contributed by atoms with Crippen LogP contribution in [0.1, 0.15) is 51.9 Å². The molecule has 8 heteroatoms. The molecule has 0 bridgehead atoms. The summed E-state index contributed by atoms with van der Waals surface area (Å²) in [6.07, 6.45) is 3.47. The number of aromatic nitrogens is 4. The van der Waals surface area contributed by atoms with Crippen molar-refractivity contribution in [2.45, 2.75) is 54.6 Å². The third kappa shape index (κ3) is 4.58. The van der Waals surface area contributed by atoms with Crippen LogP contribution in [0.3, 0.4) is 0 Å². The number of benzene rings is 1. The molecule has 0 spiro atoms. The number of imidazole rings is 2. The third-order valence-electron chi connectivity index (χ3n) is 4.42. The lowest BCUT2D eigenvalue weighted by Crippen LogP contribution is -2.29. The number of nitrogens with one attached hydrogen (secondary N) is 1. The van der Waals surface area contributed by atoms with Gasteiger partial charge in [-0.05, 0) is 16.9 Å². The van der Waals surface area contributed by atoms with Crippen molar-refractivity contribution in [1.82, 2.24) is 24.4 Å². The Kier molecular flexibility index (Phi) is 5.15. The smallest absolute Gasteiger partial charge is 0.322 e. The lowest BCUT2D eigenvalue weighted by atomic mass is 9.96. The number of carbonyl (C=O) groups excluding carboxylic acids is 1. The zero-order valence-corrected chi connectivity index (χ0v) is 17.9. The highest BCUT2D eigenvalue weighted by Gasteiger charge is 2.24. The van der Waals surface area contributed by atoms with Gasteiger partial charge in [0, 0.05) is 13.1 Å². The zero-order chi connectivity index (χ0) is 21.6. The molecule has 3 rings (SSSR count). The summed E-state index contributed by atoms with van der Waals surface area (Å²) in [5.74, 6) is -1.58. The molecule has 0 saturated carbocycles. The average Bonchev–Trinajstić information content (AvgIpc) is 3.12. The van der Waals surface area contributed by atoms with Crippen molar-refractivity contribution in [2.24, 2.45) is 10.8 Å². The molecule has 0 radical (unpaired) electrons. The van der Waals surface area contributed by atoms with E-state index in [4.69, 9.17) is 5.11 Å². The van der Waals surface area contributed by atoms with Crippen LogP contribution in [0, 0.1) is 10.8 Å². The molecule has 156 valence electrons. The molecule has 0 atom stereocenters. The van der Waals surface area contributed by atoms with Gasteiger partial charge >= 0.3 is 5.97 Å². The molecule has 8 nitrogen and oxygen atoms in total. The topological polar surface area (TPSA) is 102 Å². The van der Waals surface area contributed by atoms with Crippen LogP contribution in [0.15, 0.2) is 18.7 Å². The Hall–Kier alpha value is -2.90. The van der Waals surface area contributed by atoms with Crippen molar-refractivity contribution in [3.63, 3.8) is 0 Å². The van der Waals surface area contributed by atoms with E-state index in [1.54, 1.807) is 12.7 Å². The van der Waals surface area contributed by atoms with E-state index in [-0.39, 0.29) is 10.8 Å². The van der Waals surface area contributed by atoms with Gasteiger partial charge in [-0.25, -0.2) is 9.97 Å². The van der Waals surface area contributed by atoms with E-state index in [0.29, 0.717) is 16.6 Å². The summed E-state index contributed by atoms with van der Waals surface area (Å²) in [5, 5.41) is 11.4. The van der Waals surface area contributed by atoms with Gasteiger partial charge in [-0.15, -0.1) is 0 Å². The molecule has 2 aromatic heterocycles. The normalized spacial score (nSPS) is 12.6. The van der Waals surface area contributed by atoms with Crippen molar-refractivity contribution < 1.29 is 14.7 Å². The first-order chi connectivity index (χ1) is 13.4.